The largest absolute Gasteiger partial charge is 0.479 e. The van der Waals surface area contributed by atoms with Gasteiger partial charge in [0, 0.05) is 0 Å². The van der Waals surface area contributed by atoms with Crippen LogP contribution in [0.3, 0.4) is 0 Å². The second-order valence-corrected chi connectivity index (χ2v) is 5.19. The Morgan fingerprint density at radius 3 is 2.12 bits per heavy atom. The lowest BCUT2D eigenvalue weighted by atomic mass is 9.80. The van der Waals surface area contributed by atoms with Crippen molar-refractivity contribution in [3.8, 4) is 0 Å². The van der Waals surface area contributed by atoms with E-state index in [1.165, 1.54) is 0 Å². The number of carbonyl (C=O) groups is 1. The maximum Gasteiger partial charge on any atom is 0.335 e. The number of carboxylic acid groups (broad SMARTS) is 1. The van der Waals surface area contributed by atoms with E-state index in [1.54, 1.807) is 20.8 Å². The molecule has 0 aromatic rings. The summed E-state index contributed by atoms with van der Waals surface area (Å²) in [6, 6.07) is 0. The first-order valence-corrected chi connectivity index (χ1v) is 5.11. The Morgan fingerprint density at radius 2 is 1.75 bits per heavy atom. The molecule has 5 N–H and O–H groups in total. The average Bonchev–Trinajstić information content (AvgIpc) is 2.11. The Kier molecular flexibility index (Phi) is 3.59. The lowest BCUT2D eigenvalue weighted by Gasteiger charge is -2.41. The number of aliphatic carboxylic acids is 1. The molecule has 1 fully saturated rings. The van der Waals surface area contributed by atoms with Crippen LogP contribution in [0.4, 0.5) is 0 Å². The lowest BCUT2D eigenvalue weighted by Crippen LogP contribution is -2.62. The standard InChI is InChI=1S/C10H18O6/c1-10(2,3)8-6(13)4(11)5(12)7(16-8)9(14)15/h4-8,11-13H,1-3H3,(H,14,15)/p+1. The van der Waals surface area contributed by atoms with Crippen molar-refractivity contribution in [2.75, 3.05) is 0 Å². The molecule has 1 aliphatic rings. The summed E-state index contributed by atoms with van der Waals surface area (Å²) < 4.78 is 5.21. The molecule has 0 aromatic carbocycles. The molecule has 6 nitrogen and oxygen atoms in total. The van der Waals surface area contributed by atoms with Crippen LogP contribution in [-0.4, -0.2) is 56.9 Å². The molecule has 1 heterocycles. The third-order valence-electron chi connectivity index (χ3n) is 2.74. The highest BCUT2D eigenvalue weighted by Crippen LogP contribution is 2.32. The molecule has 0 bridgehead atoms. The highest BCUT2D eigenvalue weighted by atomic mass is 16.6. The van der Waals surface area contributed by atoms with E-state index >= 15 is 0 Å². The van der Waals surface area contributed by atoms with E-state index in [1.807, 2.05) is 0 Å². The van der Waals surface area contributed by atoms with Crippen LogP contribution in [-0.2, 0) is 9.53 Å². The fraction of sp³-hybridized carbons (Fsp3) is 0.900. The van der Waals surface area contributed by atoms with Crippen molar-refractivity contribution in [3.63, 3.8) is 0 Å². The van der Waals surface area contributed by atoms with Gasteiger partial charge in [0.1, 0.15) is 12.2 Å². The molecule has 0 radical (unpaired) electrons. The van der Waals surface area contributed by atoms with Gasteiger partial charge in [-0.3, -0.25) is 0 Å². The van der Waals surface area contributed by atoms with E-state index in [0.29, 0.717) is 0 Å². The Labute approximate surface area is 93.5 Å². The minimum Gasteiger partial charge on any atom is -0.479 e. The van der Waals surface area contributed by atoms with Crippen molar-refractivity contribution in [2.45, 2.75) is 51.3 Å². The first-order chi connectivity index (χ1) is 7.16. The van der Waals surface area contributed by atoms with Crippen LogP contribution in [0.1, 0.15) is 20.8 Å². The van der Waals surface area contributed by atoms with Crippen molar-refractivity contribution in [1.29, 1.82) is 0 Å². The quantitative estimate of drug-likeness (QED) is 0.489. The SMILES string of the molecule is CC(C)(C)C1OC(C(=O)O)C(O)C(O)C1[OH2+]. The van der Waals surface area contributed by atoms with Gasteiger partial charge < -0.3 is 25.2 Å². The molecule has 0 spiro atoms. The number of hydrogen-bond donors (Lipinski definition) is 3. The van der Waals surface area contributed by atoms with E-state index in [-0.39, 0.29) is 0 Å². The first-order valence-electron chi connectivity index (χ1n) is 5.11. The second-order valence-electron chi connectivity index (χ2n) is 5.19. The van der Waals surface area contributed by atoms with E-state index in [9.17, 15) is 15.0 Å². The van der Waals surface area contributed by atoms with Crippen molar-refractivity contribution in [1.82, 2.24) is 0 Å². The van der Waals surface area contributed by atoms with Gasteiger partial charge in [-0.1, -0.05) is 20.8 Å². The van der Waals surface area contributed by atoms with Crippen LogP contribution in [0.25, 0.3) is 0 Å². The molecule has 94 valence electrons. The zero-order valence-corrected chi connectivity index (χ0v) is 9.54. The Hall–Kier alpha value is -0.690. The number of ether oxygens (including phenoxy) is 1. The van der Waals surface area contributed by atoms with E-state index in [2.05, 4.69) is 0 Å². The van der Waals surface area contributed by atoms with Crippen molar-refractivity contribution < 1.29 is 30.0 Å². The Balaban J connectivity index is 2.94. The molecular weight excluding hydrogens is 216 g/mol. The summed E-state index contributed by atoms with van der Waals surface area (Å²) in [4.78, 5) is 10.8. The van der Waals surface area contributed by atoms with Gasteiger partial charge in [-0.05, 0) is 5.41 Å². The number of rotatable bonds is 1. The molecule has 1 saturated heterocycles. The van der Waals surface area contributed by atoms with Crippen LogP contribution in [0.15, 0.2) is 0 Å². The van der Waals surface area contributed by atoms with Crippen LogP contribution in [0.2, 0.25) is 0 Å². The van der Waals surface area contributed by atoms with Crippen molar-refractivity contribution in [2.24, 2.45) is 5.41 Å². The topological polar surface area (TPSA) is 110 Å². The van der Waals surface area contributed by atoms with Gasteiger partial charge in [-0.15, -0.1) is 0 Å². The Bertz CT molecular complexity index is 271. The molecule has 0 saturated carbocycles. The minimum absolute atomic E-state index is 0.471. The summed E-state index contributed by atoms with van der Waals surface area (Å²) in [6.07, 6.45) is -6.21. The van der Waals surface area contributed by atoms with Crippen molar-refractivity contribution in [3.05, 3.63) is 0 Å². The molecule has 6 heteroatoms. The maximum absolute atomic E-state index is 10.8. The number of aliphatic hydroxyl groups excluding tert-OH is 2. The van der Waals surface area contributed by atoms with Crippen LogP contribution >= 0.6 is 0 Å². The fourth-order valence-corrected chi connectivity index (χ4v) is 1.84. The predicted octanol–water partition coefficient (Wildman–Crippen LogP) is -1.30. The molecule has 16 heavy (non-hydrogen) atoms. The van der Waals surface area contributed by atoms with Gasteiger partial charge >= 0.3 is 5.97 Å². The van der Waals surface area contributed by atoms with Crippen molar-refractivity contribution >= 4 is 5.97 Å². The van der Waals surface area contributed by atoms with Crippen LogP contribution < -0.4 is 0 Å². The fourth-order valence-electron chi connectivity index (χ4n) is 1.84. The lowest BCUT2D eigenvalue weighted by molar-refractivity contribution is -0.246. The molecule has 5 atom stereocenters. The highest BCUT2D eigenvalue weighted by Gasteiger charge is 2.53. The summed E-state index contributed by atoms with van der Waals surface area (Å²) in [7, 11) is 0. The zero-order valence-electron chi connectivity index (χ0n) is 9.54. The van der Waals surface area contributed by atoms with E-state index in [0.717, 1.165) is 0 Å². The predicted molar refractivity (Wildman–Crippen MR) is 55.2 cm³/mol. The molecule has 0 amide bonds. The van der Waals surface area contributed by atoms with Gasteiger partial charge in [-0.25, -0.2) is 4.79 Å². The van der Waals surface area contributed by atoms with Gasteiger partial charge in [0.2, 0.25) is 6.10 Å². The maximum atomic E-state index is 10.8. The molecule has 0 aromatic heterocycles. The zero-order chi connectivity index (χ0) is 12.7. The smallest absolute Gasteiger partial charge is 0.335 e. The Morgan fingerprint density at radius 1 is 1.25 bits per heavy atom. The molecule has 5 unspecified atom stereocenters. The summed E-state index contributed by atoms with van der Waals surface area (Å²) >= 11 is 0. The third-order valence-corrected chi connectivity index (χ3v) is 2.74. The third kappa shape index (κ3) is 2.35. The molecule has 1 aliphatic heterocycles. The number of aliphatic hydroxyl groups is 2. The number of carboxylic acids is 1. The van der Waals surface area contributed by atoms with E-state index in [4.69, 9.17) is 14.9 Å². The van der Waals surface area contributed by atoms with Gasteiger partial charge in [0.05, 0.1) is 0 Å². The second kappa shape index (κ2) is 4.29. The minimum atomic E-state index is -1.56. The summed E-state index contributed by atoms with van der Waals surface area (Å²) in [5.41, 5.74) is -0.471. The monoisotopic (exact) mass is 235 g/mol. The summed E-state index contributed by atoms with van der Waals surface area (Å²) in [6.45, 7) is 5.38. The first kappa shape index (κ1) is 13.4. The summed E-state index contributed by atoms with van der Waals surface area (Å²) in [5.74, 6) is -1.33. The highest BCUT2D eigenvalue weighted by molar-refractivity contribution is 5.73. The van der Waals surface area contributed by atoms with Gasteiger partial charge in [0.25, 0.3) is 0 Å². The van der Waals surface area contributed by atoms with E-state index < -0.39 is 41.9 Å². The molecule has 1 rings (SSSR count). The number of hydrogen-bond acceptors (Lipinski definition) is 4. The van der Waals surface area contributed by atoms with Gasteiger partial charge in [0.15, 0.2) is 12.2 Å². The van der Waals surface area contributed by atoms with Gasteiger partial charge in [-0.2, -0.15) is 0 Å². The van der Waals surface area contributed by atoms with Crippen LogP contribution in [0.5, 0.6) is 0 Å². The van der Waals surface area contributed by atoms with Crippen LogP contribution in [0, 0.1) is 5.41 Å². The normalized spacial score (nSPS) is 40.8. The summed E-state index contributed by atoms with van der Waals surface area (Å²) in [5, 5.41) is 35.7. The molecule has 0 aliphatic carbocycles. The average molecular weight is 235 g/mol. The molecular formula is C10H19O6+.